The van der Waals surface area contributed by atoms with Gasteiger partial charge in [0.25, 0.3) is 0 Å². The number of rotatable bonds is 0. The SMILES string of the molecule is C1CCC2C(C1)C1CCCCC21. The average Bonchev–Trinajstić information content (AvgIpc) is 2.14. The molecule has 0 aromatic rings. The highest BCUT2D eigenvalue weighted by Crippen LogP contribution is 2.58. The second-order valence-electron chi connectivity index (χ2n) is 5.22. The van der Waals surface area contributed by atoms with Gasteiger partial charge < -0.3 is 0 Å². The molecule has 0 nitrogen and oxygen atoms in total. The maximum absolute atomic E-state index is 1.59. The van der Waals surface area contributed by atoms with E-state index < -0.39 is 0 Å². The fraction of sp³-hybridized carbons (Fsp3) is 1.00. The molecule has 0 aromatic carbocycles. The number of hydrogen-bond acceptors (Lipinski definition) is 0. The van der Waals surface area contributed by atoms with Crippen LogP contribution < -0.4 is 0 Å². The van der Waals surface area contributed by atoms with E-state index in [1.807, 2.05) is 0 Å². The maximum atomic E-state index is 1.59. The largest absolute Gasteiger partial charge is 0.0530 e. The van der Waals surface area contributed by atoms with Crippen LogP contribution in [0.5, 0.6) is 0 Å². The Labute approximate surface area is 75.7 Å². The fourth-order valence-corrected chi connectivity index (χ4v) is 4.36. The van der Waals surface area contributed by atoms with Gasteiger partial charge >= 0.3 is 0 Å². The van der Waals surface area contributed by atoms with Gasteiger partial charge in [-0.2, -0.15) is 0 Å². The lowest BCUT2D eigenvalue weighted by Crippen LogP contribution is -2.49. The van der Waals surface area contributed by atoms with E-state index in [9.17, 15) is 0 Å². The summed E-state index contributed by atoms with van der Waals surface area (Å²) in [7, 11) is 0. The molecular weight excluding hydrogens is 144 g/mol. The summed E-state index contributed by atoms with van der Waals surface area (Å²) in [6, 6.07) is 0. The Balaban J connectivity index is 1.73. The minimum Gasteiger partial charge on any atom is -0.0530 e. The van der Waals surface area contributed by atoms with Gasteiger partial charge in [0, 0.05) is 0 Å². The van der Waals surface area contributed by atoms with Crippen LogP contribution in [0, 0.1) is 23.7 Å². The third-order valence-electron chi connectivity index (χ3n) is 4.85. The van der Waals surface area contributed by atoms with Crippen molar-refractivity contribution in [3.8, 4) is 0 Å². The average molecular weight is 164 g/mol. The molecule has 0 atom stereocenters. The maximum Gasteiger partial charge on any atom is -0.0352 e. The molecule has 3 fully saturated rings. The minimum atomic E-state index is 1.20. The molecule has 0 saturated heterocycles. The first-order valence-corrected chi connectivity index (χ1v) is 5.97. The summed E-state index contributed by atoms with van der Waals surface area (Å²) in [6.07, 6.45) is 12.5. The number of hydrogen-bond donors (Lipinski definition) is 0. The topological polar surface area (TPSA) is 0 Å². The van der Waals surface area contributed by atoms with Crippen LogP contribution in [0.4, 0.5) is 0 Å². The zero-order valence-electron chi connectivity index (χ0n) is 7.97. The lowest BCUT2D eigenvalue weighted by molar-refractivity contribution is -0.0781. The van der Waals surface area contributed by atoms with Crippen molar-refractivity contribution in [2.75, 3.05) is 0 Å². The lowest BCUT2D eigenvalue weighted by Gasteiger charge is -2.57. The third kappa shape index (κ3) is 0.900. The van der Waals surface area contributed by atoms with Crippen LogP contribution in [0.15, 0.2) is 0 Å². The molecule has 0 amide bonds. The molecule has 0 N–H and O–H groups in total. The molecule has 3 rings (SSSR count). The van der Waals surface area contributed by atoms with Gasteiger partial charge in [-0.15, -0.1) is 0 Å². The summed E-state index contributed by atoms with van der Waals surface area (Å²) < 4.78 is 0. The van der Waals surface area contributed by atoms with Gasteiger partial charge in [-0.3, -0.25) is 0 Å². The molecule has 12 heavy (non-hydrogen) atoms. The van der Waals surface area contributed by atoms with Gasteiger partial charge in [0.2, 0.25) is 0 Å². The van der Waals surface area contributed by atoms with Crippen molar-refractivity contribution in [3.63, 3.8) is 0 Å². The molecule has 0 aromatic heterocycles. The van der Waals surface area contributed by atoms with Crippen LogP contribution in [-0.4, -0.2) is 0 Å². The summed E-state index contributed by atoms with van der Waals surface area (Å²) in [6.45, 7) is 0. The van der Waals surface area contributed by atoms with Crippen LogP contribution in [0.2, 0.25) is 0 Å². The molecule has 3 saturated carbocycles. The van der Waals surface area contributed by atoms with E-state index >= 15 is 0 Å². The van der Waals surface area contributed by atoms with Crippen LogP contribution in [0.3, 0.4) is 0 Å². The summed E-state index contributed by atoms with van der Waals surface area (Å²) >= 11 is 0. The normalized spacial score (nSPS) is 52.0. The highest BCUT2D eigenvalue weighted by Gasteiger charge is 2.50. The summed E-state index contributed by atoms with van der Waals surface area (Å²) in [4.78, 5) is 0. The summed E-state index contributed by atoms with van der Waals surface area (Å²) in [5, 5.41) is 0. The van der Waals surface area contributed by atoms with Crippen molar-refractivity contribution in [2.45, 2.75) is 51.4 Å². The first kappa shape index (κ1) is 7.41. The summed E-state index contributed by atoms with van der Waals surface area (Å²) in [5.41, 5.74) is 0. The van der Waals surface area contributed by atoms with Crippen molar-refractivity contribution in [1.29, 1.82) is 0 Å². The predicted octanol–water partition coefficient (Wildman–Crippen LogP) is 3.61. The number of fused-ring (bicyclic) bond motifs is 4. The van der Waals surface area contributed by atoms with E-state index in [1.54, 1.807) is 51.4 Å². The summed E-state index contributed by atoms with van der Waals surface area (Å²) in [5.74, 6) is 4.79. The Morgan fingerprint density at radius 2 is 0.667 bits per heavy atom. The molecule has 0 radical (unpaired) electrons. The predicted molar refractivity (Wildman–Crippen MR) is 50.9 cm³/mol. The van der Waals surface area contributed by atoms with Gasteiger partial charge in [0.05, 0.1) is 0 Å². The van der Waals surface area contributed by atoms with Gasteiger partial charge in [-0.05, 0) is 49.4 Å². The Hall–Kier alpha value is 0. The Bertz CT molecular complexity index is 125. The Morgan fingerprint density at radius 3 is 0.917 bits per heavy atom. The van der Waals surface area contributed by atoms with Crippen LogP contribution in [0.25, 0.3) is 0 Å². The molecular formula is C12H20. The van der Waals surface area contributed by atoms with Gasteiger partial charge in [0.15, 0.2) is 0 Å². The minimum absolute atomic E-state index is 1.20. The van der Waals surface area contributed by atoms with Gasteiger partial charge in [-0.1, -0.05) is 25.7 Å². The van der Waals surface area contributed by atoms with Crippen LogP contribution >= 0.6 is 0 Å². The van der Waals surface area contributed by atoms with E-state index in [0.29, 0.717) is 0 Å². The molecule has 0 aliphatic heterocycles. The van der Waals surface area contributed by atoms with Crippen molar-refractivity contribution in [1.82, 2.24) is 0 Å². The van der Waals surface area contributed by atoms with E-state index in [2.05, 4.69) is 0 Å². The van der Waals surface area contributed by atoms with Gasteiger partial charge in [0.1, 0.15) is 0 Å². The zero-order chi connectivity index (χ0) is 7.97. The zero-order valence-corrected chi connectivity index (χ0v) is 7.97. The first-order valence-electron chi connectivity index (χ1n) is 5.97. The molecule has 0 heterocycles. The molecule has 3 aliphatic carbocycles. The molecule has 68 valence electrons. The van der Waals surface area contributed by atoms with Crippen molar-refractivity contribution >= 4 is 0 Å². The van der Waals surface area contributed by atoms with Crippen molar-refractivity contribution in [3.05, 3.63) is 0 Å². The Morgan fingerprint density at radius 1 is 0.417 bits per heavy atom. The van der Waals surface area contributed by atoms with Crippen LogP contribution in [0.1, 0.15) is 51.4 Å². The Kier molecular flexibility index (Phi) is 1.70. The standard InChI is InChI=1S/C12H20/c1-2-6-10-9(5-1)11-7-3-4-8-12(10)11/h9-12H,1-8H2. The van der Waals surface area contributed by atoms with Crippen molar-refractivity contribution in [2.24, 2.45) is 23.7 Å². The second-order valence-corrected chi connectivity index (χ2v) is 5.22. The monoisotopic (exact) mass is 164 g/mol. The van der Waals surface area contributed by atoms with E-state index in [4.69, 9.17) is 0 Å². The first-order chi connectivity index (χ1) is 5.97. The highest BCUT2D eigenvalue weighted by molar-refractivity contribution is 4.99. The molecule has 3 aliphatic rings. The van der Waals surface area contributed by atoms with E-state index in [1.165, 1.54) is 23.7 Å². The van der Waals surface area contributed by atoms with Gasteiger partial charge in [-0.25, -0.2) is 0 Å². The van der Waals surface area contributed by atoms with E-state index in [0.717, 1.165) is 0 Å². The third-order valence-corrected chi connectivity index (χ3v) is 4.85. The molecule has 0 bridgehead atoms. The van der Waals surface area contributed by atoms with Crippen molar-refractivity contribution < 1.29 is 0 Å². The fourth-order valence-electron chi connectivity index (χ4n) is 4.36. The second kappa shape index (κ2) is 2.75. The van der Waals surface area contributed by atoms with E-state index in [-0.39, 0.29) is 0 Å². The highest BCUT2D eigenvalue weighted by atomic mass is 14.5. The quantitative estimate of drug-likeness (QED) is 0.513. The lowest BCUT2D eigenvalue weighted by atomic mass is 9.48. The molecule has 0 unspecified atom stereocenters. The molecule has 0 spiro atoms. The smallest absolute Gasteiger partial charge is 0.0352 e. The molecule has 0 heteroatoms. The van der Waals surface area contributed by atoms with Crippen LogP contribution in [-0.2, 0) is 0 Å².